The van der Waals surface area contributed by atoms with Crippen LogP contribution < -0.4 is 16.2 Å². The Balaban J connectivity index is 2.08. The molecule has 15 heavy (non-hydrogen) atoms. The Morgan fingerprint density at radius 2 is 2.20 bits per heavy atom. The Labute approximate surface area is 88.9 Å². The third-order valence-corrected chi connectivity index (χ3v) is 2.72. The van der Waals surface area contributed by atoms with Crippen molar-refractivity contribution in [1.29, 1.82) is 0 Å². The number of pyridine rings is 1. The fourth-order valence-corrected chi connectivity index (χ4v) is 1.82. The van der Waals surface area contributed by atoms with E-state index in [4.69, 9.17) is 5.84 Å². The van der Waals surface area contributed by atoms with Crippen molar-refractivity contribution >= 4 is 11.5 Å². The summed E-state index contributed by atoms with van der Waals surface area (Å²) >= 11 is 0. The highest BCUT2D eigenvalue weighted by Gasteiger charge is 2.17. The van der Waals surface area contributed by atoms with Crippen LogP contribution >= 0.6 is 0 Å². The largest absolute Gasteiger partial charge is 0.393 e. The van der Waals surface area contributed by atoms with Crippen LogP contribution in [0.5, 0.6) is 0 Å². The van der Waals surface area contributed by atoms with Gasteiger partial charge in [-0.15, -0.1) is 0 Å². The van der Waals surface area contributed by atoms with E-state index in [0.29, 0.717) is 5.82 Å². The normalized spacial score (nSPS) is 17.9. The van der Waals surface area contributed by atoms with Gasteiger partial charge < -0.3 is 15.4 Å². The molecule has 1 saturated heterocycles. The number of nitrogen functional groups attached to an aromatic ring is 1. The first kappa shape index (κ1) is 10.2. The molecule has 0 unspecified atom stereocenters. The van der Waals surface area contributed by atoms with Crippen molar-refractivity contribution < 1.29 is 5.11 Å². The topological polar surface area (TPSA) is 74.4 Å². The van der Waals surface area contributed by atoms with E-state index in [-0.39, 0.29) is 6.10 Å². The molecule has 2 heterocycles. The molecule has 4 N–H and O–H groups in total. The fraction of sp³-hybridized carbons (Fsp3) is 0.500. The van der Waals surface area contributed by atoms with Crippen LogP contribution in [0.25, 0.3) is 0 Å². The Bertz CT molecular complexity index is 323. The molecular formula is C10H16N4O. The van der Waals surface area contributed by atoms with Gasteiger partial charge in [0.15, 0.2) is 0 Å². The molecule has 0 radical (unpaired) electrons. The Morgan fingerprint density at radius 3 is 2.87 bits per heavy atom. The van der Waals surface area contributed by atoms with Crippen molar-refractivity contribution in [3.8, 4) is 0 Å². The second-order valence-electron chi connectivity index (χ2n) is 3.76. The van der Waals surface area contributed by atoms with E-state index in [1.165, 1.54) is 0 Å². The maximum absolute atomic E-state index is 9.40. The van der Waals surface area contributed by atoms with Gasteiger partial charge in [0.05, 0.1) is 6.10 Å². The molecule has 1 aliphatic heterocycles. The predicted octanol–water partition coefficient (Wildman–Crippen LogP) is 0.328. The van der Waals surface area contributed by atoms with Gasteiger partial charge in [0.2, 0.25) is 0 Å². The maximum atomic E-state index is 9.40. The molecule has 1 aliphatic rings. The van der Waals surface area contributed by atoms with Crippen molar-refractivity contribution in [2.45, 2.75) is 18.9 Å². The lowest BCUT2D eigenvalue weighted by atomic mass is 10.1. The van der Waals surface area contributed by atoms with E-state index in [1.54, 1.807) is 6.20 Å². The third-order valence-electron chi connectivity index (χ3n) is 2.72. The van der Waals surface area contributed by atoms with Crippen LogP contribution in [-0.2, 0) is 0 Å². The molecule has 2 rings (SSSR count). The van der Waals surface area contributed by atoms with Crippen molar-refractivity contribution in [2.75, 3.05) is 23.4 Å². The quantitative estimate of drug-likeness (QED) is 0.482. The molecule has 0 spiro atoms. The maximum Gasteiger partial charge on any atom is 0.141 e. The summed E-state index contributed by atoms with van der Waals surface area (Å²) in [5.74, 6) is 5.96. The Kier molecular flexibility index (Phi) is 3.03. The van der Waals surface area contributed by atoms with E-state index in [1.807, 2.05) is 12.1 Å². The van der Waals surface area contributed by atoms with E-state index in [9.17, 15) is 5.11 Å². The highest BCUT2D eigenvalue weighted by Crippen LogP contribution is 2.21. The fourth-order valence-electron chi connectivity index (χ4n) is 1.82. The van der Waals surface area contributed by atoms with Gasteiger partial charge in [-0.2, -0.15) is 0 Å². The minimum atomic E-state index is -0.143. The molecule has 5 heteroatoms. The van der Waals surface area contributed by atoms with Crippen LogP contribution in [0.1, 0.15) is 12.8 Å². The number of aliphatic hydroxyl groups is 1. The number of hydrogen-bond donors (Lipinski definition) is 3. The lowest BCUT2D eigenvalue weighted by molar-refractivity contribution is 0.145. The molecule has 0 amide bonds. The molecule has 1 fully saturated rings. The summed E-state index contributed by atoms with van der Waals surface area (Å²) in [4.78, 5) is 6.29. The summed E-state index contributed by atoms with van der Waals surface area (Å²) in [5, 5.41) is 9.40. The summed E-state index contributed by atoms with van der Waals surface area (Å²) in [6, 6.07) is 3.87. The van der Waals surface area contributed by atoms with Crippen molar-refractivity contribution in [2.24, 2.45) is 5.84 Å². The summed E-state index contributed by atoms with van der Waals surface area (Å²) in [5.41, 5.74) is 3.63. The second-order valence-corrected chi connectivity index (χ2v) is 3.76. The zero-order valence-electron chi connectivity index (χ0n) is 8.56. The van der Waals surface area contributed by atoms with E-state index >= 15 is 0 Å². The van der Waals surface area contributed by atoms with E-state index in [0.717, 1.165) is 31.6 Å². The number of nitrogens with one attached hydrogen (secondary N) is 1. The van der Waals surface area contributed by atoms with Crippen LogP contribution in [-0.4, -0.2) is 29.3 Å². The first-order chi connectivity index (χ1) is 7.29. The number of nitrogens with two attached hydrogens (primary N) is 1. The third kappa shape index (κ3) is 2.37. The Hall–Kier alpha value is -1.33. The van der Waals surface area contributed by atoms with Gasteiger partial charge >= 0.3 is 0 Å². The molecule has 0 aliphatic carbocycles. The molecule has 5 nitrogen and oxygen atoms in total. The number of anilines is 2. The van der Waals surface area contributed by atoms with Crippen LogP contribution in [0.4, 0.5) is 11.5 Å². The number of nitrogens with zero attached hydrogens (tertiary/aromatic N) is 2. The average Bonchev–Trinajstić information content (AvgIpc) is 2.30. The first-order valence-corrected chi connectivity index (χ1v) is 5.15. The molecule has 0 bridgehead atoms. The number of aliphatic hydroxyl groups excluding tert-OH is 1. The lowest BCUT2D eigenvalue weighted by Crippen LogP contribution is -2.35. The number of aromatic nitrogens is 1. The molecule has 0 atom stereocenters. The highest BCUT2D eigenvalue weighted by molar-refractivity contribution is 5.53. The molecule has 0 aromatic carbocycles. The number of hydrazine groups is 1. The van der Waals surface area contributed by atoms with E-state index < -0.39 is 0 Å². The Morgan fingerprint density at radius 1 is 1.47 bits per heavy atom. The van der Waals surface area contributed by atoms with Gasteiger partial charge in [0.1, 0.15) is 5.82 Å². The highest BCUT2D eigenvalue weighted by atomic mass is 16.3. The smallest absolute Gasteiger partial charge is 0.141 e. The van der Waals surface area contributed by atoms with Crippen LogP contribution in [0, 0.1) is 0 Å². The predicted molar refractivity (Wildman–Crippen MR) is 59.5 cm³/mol. The zero-order chi connectivity index (χ0) is 10.7. The van der Waals surface area contributed by atoms with Crippen molar-refractivity contribution in [3.05, 3.63) is 18.3 Å². The van der Waals surface area contributed by atoms with Crippen molar-refractivity contribution in [3.63, 3.8) is 0 Å². The molecule has 0 saturated carbocycles. The molecule has 1 aromatic heterocycles. The second kappa shape index (κ2) is 4.46. The lowest BCUT2D eigenvalue weighted by Gasteiger charge is -2.31. The summed E-state index contributed by atoms with van der Waals surface area (Å²) < 4.78 is 0. The van der Waals surface area contributed by atoms with Gasteiger partial charge in [0, 0.05) is 31.0 Å². The van der Waals surface area contributed by atoms with Gasteiger partial charge in [-0.1, -0.05) is 0 Å². The van der Waals surface area contributed by atoms with Gasteiger partial charge in [-0.3, -0.25) is 0 Å². The van der Waals surface area contributed by atoms with Gasteiger partial charge in [-0.05, 0) is 18.9 Å². The monoisotopic (exact) mass is 208 g/mol. The first-order valence-electron chi connectivity index (χ1n) is 5.15. The standard InChI is InChI=1S/C10H16N4O/c11-13-10-7-8(1-4-12-10)14-5-2-9(15)3-6-14/h1,4,7,9,15H,2-3,5-6,11H2,(H,12,13). The average molecular weight is 208 g/mol. The SMILES string of the molecule is NNc1cc(N2CCC(O)CC2)ccn1. The van der Waals surface area contributed by atoms with Crippen molar-refractivity contribution in [1.82, 2.24) is 4.98 Å². The summed E-state index contributed by atoms with van der Waals surface area (Å²) in [7, 11) is 0. The van der Waals surface area contributed by atoms with Gasteiger partial charge in [0.25, 0.3) is 0 Å². The number of rotatable bonds is 2. The van der Waals surface area contributed by atoms with Crippen LogP contribution in [0.2, 0.25) is 0 Å². The minimum Gasteiger partial charge on any atom is -0.393 e. The minimum absolute atomic E-state index is 0.143. The summed E-state index contributed by atoms with van der Waals surface area (Å²) in [6.07, 6.45) is 3.24. The molecular weight excluding hydrogens is 192 g/mol. The van der Waals surface area contributed by atoms with Crippen LogP contribution in [0.15, 0.2) is 18.3 Å². The molecule has 1 aromatic rings. The zero-order valence-corrected chi connectivity index (χ0v) is 8.56. The number of piperidine rings is 1. The summed E-state index contributed by atoms with van der Waals surface area (Å²) in [6.45, 7) is 1.77. The van der Waals surface area contributed by atoms with Crippen LogP contribution in [0.3, 0.4) is 0 Å². The van der Waals surface area contributed by atoms with Gasteiger partial charge in [-0.25, -0.2) is 10.8 Å². The number of hydrogen-bond acceptors (Lipinski definition) is 5. The molecule has 82 valence electrons. The van der Waals surface area contributed by atoms with E-state index in [2.05, 4.69) is 15.3 Å².